The van der Waals surface area contributed by atoms with Gasteiger partial charge in [-0.2, -0.15) is 0 Å². The first kappa shape index (κ1) is 16.7. The van der Waals surface area contributed by atoms with E-state index >= 15 is 0 Å². The number of anilines is 1. The molecule has 0 aliphatic carbocycles. The van der Waals surface area contributed by atoms with Crippen LogP contribution >= 0.6 is 0 Å². The van der Waals surface area contributed by atoms with Gasteiger partial charge in [0, 0.05) is 11.1 Å². The largest absolute Gasteiger partial charge is 0.481 e. The Morgan fingerprint density at radius 2 is 1.84 bits per heavy atom. The summed E-state index contributed by atoms with van der Waals surface area (Å²) in [6, 6.07) is 15.9. The van der Waals surface area contributed by atoms with Crippen molar-refractivity contribution in [2.45, 2.75) is 19.0 Å². The molecule has 128 valence electrons. The number of rotatable bonds is 7. The number of carboxylic acids is 1. The lowest BCUT2D eigenvalue weighted by atomic mass is 10.1. The second kappa shape index (κ2) is 7.63. The lowest BCUT2D eigenvalue weighted by molar-refractivity contribution is -0.139. The molecular formula is C19H18N2O4. The molecule has 0 bridgehead atoms. The Hall–Kier alpha value is -3.12. The van der Waals surface area contributed by atoms with E-state index in [2.05, 4.69) is 10.6 Å². The number of amides is 1. The lowest BCUT2D eigenvalue weighted by Crippen LogP contribution is -2.41. The first-order valence-corrected chi connectivity index (χ1v) is 7.89. The number of carbonyl (C=O) groups excluding carboxylic acids is 1. The lowest BCUT2D eigenvalue weighted by Gasteiger charge is -2.17. The van der Waals surface area contributed by atoms with Crippen LogP contribution in [0.2, 0.25) is 0 Å². The maximum Gasteiger partial charge on any atom is 0.305 e. The number of benzene rings is 2. The Bertz CT molecular complexity index is 869. The molecule has 3 N–H and O–H groups in total. The second-order valence-corrected chi connectivity index (χ2v) is 5.63. The van der Waals surface area contributed by atoms with Gasteiger partial charge >= 0.3 is 5.97 Å². The van der Waals surface area contributed by atoms with Gasteiger partial charge in [-0.05, 0) is 23.6 Å². The van der Waals surface area contributed by atoms with Gasteiger partial charge < -0.3 is 14.8 Å². The Labute approximate surface area is 144 Å². The monoisotopic (exact) mass is 338 g/mol. The number of nitrogens with one attached hydrogen (secondary N) is 2. The highest BCUT2D eigenvalue weighted by molar-refractivity contribution is 6.04. The van der Waals surface area contributed by atoms with Crippen molar-refractivity contribution in [3.63, 3.8) is 0 Å². The molecule has 1 amide bonds. The van der Waals surface area contributed by atoms with Gasteiger partial charge in [0.2, 0.25) is 5.91 Å². The zero-order valence-electron chi connectivity index (χ0n) is 13.4. The minimum Gasteiger partial charge on any atom is -0.481 e. The van der Waals surface area contributed by atoms with E-state index in [4.69, 9.17) is 9.52 Å². The predicted octanol–water partition coefficient (Wildman–Crippen LogP) is 3.00. The molecule has 1 aromatic heterocycles. The van der Waals surface area contributed by atoms with Crippen LogP contribution in [0.5, 0.6) is 0 Å². The van der Waals surface area contributed by atoms with E-state index < -0.39 is 17.9 Å². The third-order valence-corrected chi connectivity index (χ3v) is 3.85. The summed E-state index contributed by atoms with van der Waals surface area (Å²) in [6.45, 7) is 0.272. The molecule has 0 aliphatic rings. The second-order valence-electron chi connectivity index (χ2n) is 5.63. The number of hydrogen-bond acceptors (Lipinski definition) is 4. The van der Waals surface area contributed by atoms with E-state index in [0.29, 0.717) is 11.4 Å². The third-order valence-electron chi connectivity index (χ3n) is 3.85. The topological polar surface area (TPSA) is 91.6 Å². The average molecular weight is 338 g/mol. The van der Waals surface area contributed by atoms with Crippen LogP contribution in [-0.4, -0.2) is 23.0 Å². The molecule has 0 saturated heterocycles. The summed E-state index contributed by atoms with van der Waals surface area (Å²) in [5.74, 6) is -0.816. The van der Waals surface area contributed by atoms with E-state index in [1.807, 2.05) is 36.4 Å². The highest BCUT2D eigenvalue weighted by Crippen LogP contribution is 2.23. The fourth-order valence-electron chi connectivity index (χ4n) is 2.62. The maximum absolute atomic E-state index is 12.6. The number of hydrogen-bond donors (Lipinski definition) is 3. The standard InChI is InChI=1S/C19H18N2O4/c22-18(23)11-17(20-12-14-7-4-10-25-14)19(24)21-16-9-3-6-13-5-1-2-8-15(13)16/h1-10,17,20H,11-12H2,(H,21,24)(H,22,23). The third kappa shape index (κ3) is 4.24. The summed E-state index contributed by atoms with van der Waals surface area (Å²) in [5.41, 5.74) is 0.651. The molecule has 0 radical (unpaired) electrons. The molecular weight excluding hydrogens is 320 g/mol. The van der Waals surface area contributed by atoms with Crippen molar-refractivity contribution in [1.82, 2.24) is 5.32 Å². The zero-order valence-corrected chi connectivity index (χ0v) is 13.4. The summed E-state index contributed by atoms with van der Waals surface area (Å²) in [4.78, 5) is 23.7. The van der Waals surface area contributed by atoms with Gasteiger partial charge in [0.05, 0.1) is 25.3 Å². The Morgan fingerprint density at radius 3 is 2.60 bits per heavy atom. The van der Waals surface area contributed by atoms with Crippen LogP contribution in [0.1, 0.15) is 12.2 Å². The van der Waals surface area contributed by atoms with Crippen molar-refractivity contribution in [2.24, 2.45) is 0 Å². The van der Waals surface area contributed by atoms with Gasteiger partial charge in [0.15, 0.2) is 0 Å². The fraction of sp³-hybridized carbons (Fsp3) is 0.158. The minimum atomic E-state index is -1.05. The van der Waals surface area contributed by atoms with Crippen LogP contribution in [-0.2, 0) is 16.1 Å². The number of fused-ring (bicyclic) bond motifs is 1. The van der Waals surface area contributed by atoms with Crippen molar-refractivity contribution in [3.05, 3.63) is 66.6 Å². The highest BCUT2D eigenvalue weighted by atomic mass is 16.4. The predicted molar refractivity (Wildman–Crippen MR) is 94.2 cm³/mol. The number of carbonyl (C=O) groups is 2. The Morgan fingerprint density at radius 1 is 1.04 bits per heavy atom. The number of aliphatic carboxylic acids is 1. The van der Waals surface area contributed by atoms with E-state index in [9.17, 15) is 9.59 Å². The molecule has 6 nitrogen and oxygen atoms in total. The molecule has 1 unspecified atom stereocenters. The van der Waals surface area contributed by atoms with Crippen LogP contribution in [0.4, 0.5) is 5.69 Å². The fourth-order valence-corrected chi connectivity index (χ4v) is 2.62. The van der Waals surface area contributed by atoms with E-state index in [-0.39, 0.29) is 13.0 Å². The summed E-state index contributed by atoms with van der Waals surface area (Å²) in [5, 5.41) is 16.7. The van der Waals surface area contributed by atoms with Crippen LogP contribution < -0.4 is 10.6 Å². The molecule has 6 heteroatoms. The van der Waals surface area contributed by atoms with Crippen molar-refractivity contribution in [3.8, 4) is 0 Å². The van der Waals surface area contributed by atoms with Crippen molar-refractivity contribution >= 4 is 28.3 Å². The Balaban J connectivity index is 1.75. The molecule has 0 saturated carbocycles. The maximum atomic E-state index is 12.6. The summed E-state index contributed by atoms with van der Waals surface area (Å²) in [7, 11) is 0. The van der Waals surface area contributed by atoms with Gasteiger partial charge in [0.25, 0.3) is 0 Å². The first-order valence-electron chi connectivity index (χ1n) is 7.89. The van der Waals surface area contributed by atoms with Gasteiger partial charge in [-0.15, -0.1) is 0 Å². The van der Waals surface area contributed by atoms with Crippen LogP contribution in [0.3, 0.4) is 0 Å². The first-order chi connectivity index (χ1) is 12.1. The molecule has 25 heavy (non-hydrogen) atoms. The molecule has 1 heterocycles. The summed E-state index contributed by atoms with van der Waals surface area (Å²) in [6.07, 6.45) is 1.21. The van der Waals surface area contributed by atoms with Gasteiger partial charge in [-0.3, -0.25) is 14.9 Å². The highest BCUT2D eigenvalue weighted by Gasteiger charge is 2.22. The molecule has 0 aliphatic heterocycles. The van der Waals surface area contributed by atoms with Crippen molar-refractivity contribution in [1.29, 1.82) is 0 Å². The molecule has 3 aromatic rings. The van der Waals surface area contributed by atoms with Gasteiger partial charge in [-0.25, -0.2) is 0 Å². The van der Waals surface area contributed by atoms with Crippen LogP contribution in [0.15, 0.2) is 65.3 Å². The minimum absolute atomic E-state index is 0.272. The summed E-state index contributed by atoms with van der Waals surface area (Å²) < 4.78 is 5.20. The normalized spacial score (nSPS) is 12.0. The van der Waals surface area contributed by atoms with Crippen LogP contribution in [0, 0.1) is 0 Å². The quantitative estimate of drug-likeness (QED) is 0.616. The smallest absolute Gasteiger partial charge is 0.305 e. The number of carboxylic acid groups (broad SMARTS) is 1. The van der Waals surface area contributed by atoms with Crippen molar-refractivity contribution in [2.75, 3.05) is 5.32 Å². The molecule has 0 fully saturated rings. The van der Waals surface area contributed by atoms with E-state index in [1.165, 1.54) is 6.26 Å². The molecule has 1 atom stereocenters. The van der Waals surface area contributed by atoms with Gasteiger partial charge in [0.1, 0.15) is 5.76 Å². The van der Waals surface area contributed by atoms with Crippen molar-refractivity contribution < 1.29 is 19.1 Å². The van der Waals surface area contributed by atoms with Gasteiger partial charge in [-0.1, -0.05) is 36.4 Å². The van der Waals surface area contributed by atoms with Crippen LogP contribution in [0.25, 0.3) is 10.8 Å². The summed E-state index contributed by atoms with van der Waals surface area (Å²) >= 11 is 0. The molecule has 3 rings (SSSR count). The van der Waals surface area contributed by atoms with E-state index in [0.717, 1.165) is 10.8 Å². The average Bonchev–Trinajstić information content (AvgIpc) is 3.12. The Kier molecular flexibility index (Phi) is 5.11. The number of furan rings is 1. The van der Waals surface area contributed by atoms with E-state index in [1.54, 1.807) is 18.2 Å². The molecule has 0 spiro atoms. The zero-order chi connectivity index (χ0) is 17.6. The SMILES string of the molecule is O=C(O)CC(NCc1ccco1)C(=O)Nc1cccc2ccccc12. The molecule has 2 aromatic carbocycles.